The van der Waals surface area contributed by atoms with E-state index in [1.54, 1.807) is 6.33 Å². The van der Waals surface area contributed by atoms with E-state index in [4.69, 9.17) is 28.4 Å². The summed E-state index contributed by atoms with van der Waals surface area (Å²) in [5.41, 5.74) is 2.87. The number of aromatic nitrogens is 3. The molecule has 1 N–H and O–H groups in total. The molecule has 9 nitrogen and oxygen atoms in total. The lowest BCUT2D eigenvalue weighted by molar-refractivity contribution is -0.288. The molecule has 5 aromatic rings. The fraction of sp³-hybridized carbons (Fsp3) is 0.442. The Labute approximate surface area is 316 Å². The van der Waals surface area contributed by atoms with Gasteiger partial charge in [-0.05, 0) is 55.6 Å². The minimum absolute atomic E-state index is 0.156. The molecular weight excluding hydrogens is 681 g/mol. The molecule has 53 heavy (non-hydrogen) atoms. The molecule has 0 bridgehead atoms. The molecule has 3 heterocycles. The Bertz CT molecular complexity index is 1870. The van der Waals surface area contributed by atoms with Crippen LogP contribution >= 0.6 is 0 Å². The summed E-state index contributed by atoms with van der Waals surface area (Å²) in [4.78, 5) is 9.30. The molecule has 1 aliphatic rings. The van der Waals surface area contributed by atoms with Crippen molar-refractivity contribution in [2.24, 2.45) is 5.41 Å². The summed E-state index contributed by atoms with van der Waals surface area (Å²) >= 11 is 0. The van der Waals surface area contributed by atoms with Crippen LogP contribution < -0.4 is 20.4 Å². The molecule has 0 radical (unpaired) electrons. The van der Waals surface area contributed by atoms with Crippen LogP contribution in [-0.4, -0.2) is 60.6 Å². The number of hydrogen-bond acceptors (Lipinski definition) is 8. The van der Waals surface area contributed by atoms with Crippen molar-refractivity contribution in [3.05, 3.63) is 115 Å². The van der Waals surface area contributed by atoms with Crippen LogP contribution in [0.25, 0.3) is 11.0 Å². The fourth-order valence-corrected chi connectivity index (χ4v) is 11.7. The maximum absolute atomic E-state index is 7.48. The van der Waals surface area contributed by atoms with Crippen LogP contribution in [0.2, 0.25) is 5.04 Å². The third kappa shape index (κ3) is 9.08. The van der Waals surface area contributed by atoms with Crippen molar-refractivity contribution in [3.8, 4) is 5.88 Å². The van der Waals surface area contributed by atoms with Crippen molar-refractivity contribution in [1.29, 1.82) is 0 Å². The van der Waals surface area contributed by atoms with Crippen molar-refractivity contribution in [3.63, 3.8) is 0 Å². The van der Waals surface area contributed by atoms with Crippen molar-refractivity contribution < 1.29 is 23.4 Å². The summed E-state index contributed by atoms with van der Waals surface area (Å²) in [5, 5.41) is 6.10. The van der Waals surface area contributed by atoms with E-state index in [0.717, 1.165) is 22.2 Å². The molecular formula is C43H56N4O5Si. The number of ether oxygens (including phenoxy) is 4. The van der Waals surface area contributed by atoms with Gasteiger partial charge in [0.05, 0.1) is 25.2 Å². The number of benzene rings is 3. The molecule has 0 spiro atoms. The van der Waals surface area contributed by atoms with E-state index in [2.05, 4.69) is 110 Å². The number of rotatable bonds is 14. The maximum atomic E-state index is 7.48. The third-order valence-electron chi connectivity index (χ3n) is 9.72. The first-order valence-corrected chi connectivity index (χ1v) is 20.5. The van der Waals surface area contributed by atoms with Gasteiger partial charge in [-0.1, -0.05) is 112 Å². The smallest absolute Gasteiger partial charge is 0.261 e. The Morgan fingerprint density at radius 3 is 1.96 bits per heavy atom. The Hall–Kier alpha value is -3.90. The number of nitrogens with zero attached hydrogens (tertiary/aromatic N) is 3. The molecule has 1 saturated heterocycles. The molecule has 3 aromatic carbocycles. The van der Waals surface area contributed by atoms with Gasteiger partial charge in [0.25, 0.3) is 8.32 Å². The van der Waals surface area contributed by atoms with E-state index in [0.29, 0.717) is 52.1 Å². The highest BCUT2D eigenvalue weighted by atomic mass is 28.4. The average Bonchev–Trinajstić information content (AvgIpc) is 3.48. The Morgan fingerprint density at radius 1 is 0.811 bits per heavy atom. The summed E-state index contributed by atoms with van der Waals surface area (Å²) < 4.78 is 34.8. The van der Waals surface area contributed by atoms with Crippen LogP contribution in [0.15, 0.2) is 104 Å². The summed E-state index contributed by atoms with van der Waals surface area (Å²) in [5.74, 6) is -0.141. The molecule has 0 atom stereocenters. The predicted octanol–water partition coefficient (Wildman–Crippen LogP) is 7.22. The largest absolute Gasteiger partial charge is 0.470 e. The van der Waals surface area contributed by atoms with Gasteiger partial charge in [-0.15, -0.1) is 0 Å². The highest BCUT2D eigenvalue weighted by Gasteiger charge is 2.52. The lowest BCUT2D eigenvalue weighted by Crippen LogP contribution is -2.68. The molecule has 1 fully saturated rings. The second-order valence-corrected chi connectivity index (χ2v) is 21.0. The van der Waals surface area contributed by atoms with Crippen LogP contribution in [0.3, 0.4) is 0 Å². The van der Waals surface area contributed by atoms with E-state index in [9.17, 15) is 0 Å². The molecule has 0 aliphatic carbocycles. The van der Waals surface area contributed by atoms with Crippen LogP contribution in [0.5, 0.6) is 5.88 Å². The van der Waals surface area contributed by atoms with E-state index < -0.39 is 25.1 Å². The fourth-order valence-electron chi connectivity index (χ4n) is 7.06. The van der Waals surface area contributed by atoms with Crippen molar-refractivity contribution in [2.45, 2.75) is 91.7 Å². The second-order valence-electron chi connectivity index (χ2n) is 16.7. The summed E-state index contributed by atoms with van der Waals surface area (Å²) in [6.45, 7) is 20.3. The summed E-state index contributed by atoms with van der Waals surface area (Å²) in [7, 11) is -2.80. The van der Waals surface area contributed by atoms with Gasteiger partial charge < -0.3 is 33.3 Å². The molecule has 10 heteroatoms. The van der Waals surface area contributed by atoms with Gasteiger partial charge in [-0.3, -0.25) is 0 Å². The molecule has 2 aromatic heterocycles. The quantitative estimate of drug-likeness (QED) is 0.120. The highest BCUT2D eigenvalue weighted by molar-refractivity contribution is 6.99. The first-order chi connectivity index (χ1) is 25.2. The van der Waals surface area contributed by atoms with Gasteiger partial charge in [0.2, 0.25) is 5.88 Å². The summed E-state index contributed by atoms with van der Waals surface area (Å²) in [6, 6.07) is 31.7. The Morgan fingerprint density at radius 2 is 1.40 bits per heavy atom. The van der Waals surface area contributed by atoms with Crippen LogP contribution in [0.4, 0.5) is 0 Å². The van der Waals surface area contributed by atoms with Gasteiger partial charge in [-0.25, -0.2) is 4.98 Å². The van der Waals surface area contributed by atoms with Gasteiger partial charge in [0.15, 0.2) is 5.79 Å². The van der Waals surface area contributed by atoms with Gasteiger partial charge in [0.1, 0.15) is 29.7 Å². The monoisotopic (exact) mass is 736 g/mol. The van der Waals surface area contributed by atoms with E-state index in [1.165, 1.54) is 10.4 Å². The standard InChI is InChI=1S/C43H56N4O5Si/c1-40(2,3)52-39-38-37(45-31-46-39)34(25-47(38)32-48-26-33-18-12-9-13-19-33)24-44-27-43(28-49-42(7,8)50-29-43)30-51-53(41(4,5)6,35-20-14-10-15-21-35)36-22-16-11-17-23-36/h9-23,25,31,44H,24,26-30,32H2,1-8H3. The molecule has 282 valence electrons. The number of fused-ring (bicyclic) bond motifs is 1. The van der Waals surface area contributed by atoms with Crippen molar-refractivity contribution in [1.82, 2.24) is 19.9 Å². The molecule has 0 saturated carbocycles. The van der Waals surface area contributed by atoms with E-state index in [1.807, 2.05) is 57.4 Å². The zero-order chi connectivity index (χ0) is 37.7. The lowest BCUT2D eigenvalue weighted by atomic mass is 9.89. The maximum Gasteiger partial charge on any atom is 0.261 e. The van der Waals surface area contributed by atoms with Crippen LogP contribution in [0.1, 0.15) is 66.5 Å². The van der Waals surface area contributed by atoms with E-state index >= 15 is 0 Å². The average molecular weight is 737 g/mol. The molecule has 6 rings (SSSR count). The minimum atomic E-state index is -2.80. The molecule has 0 unspecified atom stereocenters. The van der Waals surface area contributed by atoms with Crippen molar-refractivity contribution in [2.75, 3.05) is 26.4 Å². The zero-order valence-corrected chi connectivity index (χ0v) is 33.6. The van der Waals surface area contributed by atoms with Gasteiger partial charge >= 0.3 is 0 Å². The molecule has 1 aliphatic heterocycles. The first kappa shape index (κ1) is 38.8. The summed E-state index contributed by atoms with van der Waals surface area (Å²) in [6.07, 6.45) is 3.67. The normalized spacial score (nSPS) is 16.2. The van der Waals surface area contributed by atoms with Crippen LogP contribution in [-0.2, 0) is 38.5 Å². The van der Waals surface area contributed by atoms with Gasteiger partial charge in [-0.2, -0.15) is 4.98 Å². The zero-order valence-electron chi connectivity index (χ0n) is 32.6. The number of nitrogens with one attached hydrogen (secondary N) is 1. The highest BCUT2D eigenvalue weighted by Crippen LogP contribution is 2.39. The Balaban J connectivity index is 1.28. The number of hydrogen-bond donors (Lipinski definition) is 1. The SMILES string of the molecule is CC(C)(C)Oc1ncnc2c(CNCC3(CO[Si](c4ccccc4)(c4ccccc4)C(C)(C)C)COC(C)(C)OC3)cn(COCc3ccccc3)c12. The Kier molecular flexibility index (Phi) is 11.6. The lowest BCUT2D eigenvalue weighted by Gasteiger charge is -2.48. The van der Waals surface area contributed by atoms with Gasteiger partial charge in [0, 0.05) is 31.5 Å². The van der Waals surface area contributed by atoms with Crippen LogP contribution in [0, 0.1) is 5.41 Å². The molecule has 0 amide bonds. The topological polar surface area (TPSA) is 88.9 Å². The van der Waals surface area contributed by atoms with Crippen molar-refractivity contribution >= 4 is 29.7 Å². The third-order valence-corrected chi connectivity index (χ3v) is 14.7. The van der Waals surface area contributed by atoms with E-state index in [-0.39, 0.29) is 5.04 Å². The first-order valence-electron chi connectivity index (χ1n) is 18.6. The predicted molar refractivity (Wildman–Crippen MR) is 213 cm³/mol. The second kappa shape index (κ2) is 15.8. The minimum Gasteiger partial charge on any atom is -0.470 e.